The molecule has 0 aromatic heterocycles. The monoisotopic (exact) mass is 1640 g/mol. The second-order valence-corrected chi connectivity index (χ2v) is 28.2. The van der Waals surface area contributed by atoms with Crippen LogP contribution >= 0.6 is 0 Å². The molecular weight excluding hydrogens is 1530 g/mol. The number of hydrogen-bond acceptors (Lipinski definition) is 51. The highest BCUT2D eigenvalue weighted by atomic mass is 16.8. The lowest BCUT2D eigenvalue weighted by Gasteiger charge is -2.51. The van der Waals surface area contributed by atoms with E-state index in [2.05, 4.69) is 0 Å². The molecule has 34 N–H and O–H groups in total. The maximum Gasteiger partial charge on any atom is 0.187 e. The first-order valence-corrected chi connectivity index (χ1v) is 35.4. The molecule has 10 aliphatic heterocycles. The van der Waals surface area contributed by atoms with Gasteiger partial charge in [0.05, 0.1) is 78.2 Å². The number of hydrogen-bond donors (Lipinski definition) is 32. The van der Waals surface area contributed by atoms with Crippen molar-refractivity contribution in [1.29, 1.82) is 0 Å². The average molecular weight is 1640 g/mol. The zero-order valence-electron chi connectivity index (χ0n) is 58.3. The van der Waals surface area contributed by atoms with Crippen LogP contribution in [0.4, 0.5) is 0 Å². The van der Waals surface area contributed by atoms with Crippen LogP contribution in [0.15, 0.2) is 0 Å². The Hall–Kier alpha value is -2.04. The topological polar surface area (TPSA) is 834 Å². The summed E-state index contributed by atoms with van der Waals surface area (Å²) in [5, 5.41) is 329. The highest BCUT2D eigenvalue weighted by molar-refractivity contribution is 5.04. The molecule has 10 heterocycles. The Balaban J connectivity index is 0.981. The molecule has 51 heteroatoms. The molecule has 10 fully saturated rings. The minimum absolute atomic E-state index is 0.915. The molecule has 0 aliphatic carbocycles. The van der Waals surface area contributed by atoms with Gasteiger partial charge >= 0.3 is 0 Å². The Morgan fingerprint density at radius 3 is 0.928 bits per heavy atom. The quantitative estimate of drug-likeness (QED) is 0.0331. The van der Waals surface area contributed by atoms with E-state index < -0.39 is 373 Å². The van der Waals surface area contributed by atoms with Gasteiger partial charge in [-0.3, -0.25) is 0 Å². The lowest BCUT2D eigenvalue weighted by atomic mass is 9.94. The van der Waals surface area contributed by atoms with Gasteiger partial charge in [-0.05, 0) is 0 Å². The van der Waals surface area contributed by atoms with Gasteiger partial charge in [0, 0.05) is 0 Å². The first kappa shape index (κ1) is 91.3. The summed E-state index contributed by atoms with van der Waals surface area (Å²) in [6, 6.07) is -3.42. The fourth-order valence-corrected chi connectivity index (χ4v) is 14.3. The molecule has 0 amide bonds. The van der Waals surface area contributed by atoms with E-state index in [9.17, 15) is 153 Å². The van der Waals surface area contributed by atoms with Gasteiger partial charge in [0.2, 0.25) is 0 Å². The molecule has 50 atom stereocenters. The van der Waals surface area contributed by atoms with E-state index in [0.717, 1.165) is 0 Å². The summed E-state index contributed by atoms with van der Waals surface area (Å²) >= 11 is 0. The van der Waals surface area contributed by atoms with Gasteiger partial charge in [-0.2, -0.15) is 0 Å². The Morgan fingerprint density at radius 2 is 0.505 bits per heavy atom. The van der Waals surface area contributed by atoms with Gasteiger partial charge in [0.1, 0.15) is 232 Å². The van der Waals surface area contributed by atoms with E-state index in [0.29, 0.717) is 0 Å². The molecule has 648 valence electrons. The lowest BCUT2D eigenvalue weighted by molar-refractivity contribution is -0.408. The van der Waals surface area contributed by atoms with Crippen molar-refractivity contribution >= 4 is 0 Å². The lowest BCUT2D eigenvalue weighted by Crippen LogP contribution is -2.69. The molecule has 50 unspecified atom stereocenters. The number of nitrogens with two attached hydrogens (primary N) is 2. The summed E-state index contributed by atoms with van der Waals surface area (Å²) in [6.45, 7) is -10.8. The van der Waals surface area contributed by atoms with Crippen LogP contribution in [-0.4, -0.2) is 526 Å². The number of rotatable bonds is 29. The molecule has 51 nitrogen and oxygen atoms in total. The predicted octanol–water partition coefficient (Wildman–Crippen LogP) is -22.9. The Bertz CT molecular complexity index is 2790. The van der Waals surface area contributed by atoms with Gasteiger partial charge in [-0.1, -0.05) is 0 Å². The van der Waals surface area contributed by atoms with Crippen LogP contribution in [0.3, 0.4) is 0 Å². The summed E-state index contributed by atoms with van der Waals surface area (Å²) in [5.74, 6) is 0. The normalized spacial score (nSPS) is 53.2. The smallest absolute Gasteiger partial charge is 0.187 e. The zero-order valence-corrected chi connectivity index (χ0v) is 58.3. The van der Waals surface area contributed by atoms with Gasteiger partial charge in [-0.15, -0.1) is 0 Å². The van der Waals surface area contributed by atoms with Crippen LogP contribution in [-0.2, 0) is 90.0 Å². The molecule has 10 rings (SSSR count). The Labute approximate surface area is 626 Å². The van der Waals surface area contributed by atoms with Crippen LogP contribution in [0.1, 0.15) is 0 Å². The predicted molar refractivity (Wildman–Crippen MR) is 334 cm³/mol. The standard InChI is InChI=1S/C60H104N2O49/c61-21-30(79)44(17(7-69)95-51(21)92)105-52-22(62)31(80)45(18(8-70)101-52)106-57-42(91)47(108-59-50(36(85)27(76)15(5-67)99-59)111-60-49(35(84)26(75)16(6-68)100-60)109-55-39(88)33(82)24(73)13(3-65)97-55)29(78)20(103-57)10-94-54-41(90)46(28(77)19(102-54)9-93-53-38(87)32(81)23(72)12(2-64)96-53)107-58-48(34(83)25(74)14(4-66)98-58)110-56-40(89)37(86)43(104-56)11(71)1-63/h11-60,63-92H,1-10,61-62H2. The summed E-state index contributed by atoms with van der Waals surface area (Å²) in [4.78, 5) is 0. The minimum Gasteiger partial charge on any atom is -0.394 e. The second-order valence-electron chi connectivity index (χ2n) is 28.2. The third-order valence-corrected chi connectivity index (χ3v) is 21.0. The molecule has 10 saturated heterocycles. The molecule has 0 aromatic rings. The van der Waals surface area contributed by atoms with E-state index in [1.54, 1.807) is 0 Å². The molecule has 0 radical (unpaired) electrons. The molecule has 0 aromatic carbocycles. The molecule has 10 aliphatic rings. The Kier molecular flexibility index (Phi) is 32.4. The summed E-state index contributed by atoms with van der Waals surface area (Å²) < 4.78 is 110. The average Bonchev–Trinajstić information content (AvgIpc) is 0.802. The fraction of sp³-hybridized carbons (Fsp3) is 1.00. The van der Waals surface area contributed by atoms with E-state index in [4.69, 9.17) is 101 Å². The summed E-state index contributed by atoms with van der Waals surface area (Å²) in [7, 11) is 0. The molecule has 0 bridgehead atoms. The van der Waals surface area contributed by atoms with Crippen molar-refractivity contribution in [1.82, 2.24) is 0 Å². The van der Waals surface area contributed by atoms with Crippen molar-refractivity contribution in [2.75, 3.05) is 66.1 Å². The van der Waals surface area contributed by atoms with E-state index in [1.807, 2.05) is 0 Å². The fourth-order valence-electron chi connectivity index (χ4n) is 14.3. The van der Waals surface area contributed by atoms with Crippen molar-refractivity contribution in [3.8, 4) is 0 Å². The first-order chi connectivity index (χ1) is 52.6. The number of aliphatic hydroxyl groups excluding tert-OH is 30. The van der Waals surface area contributed by atoms with Crippen molar-refractivity contribution in [3.63, 3.8) is 0 Å². The van der Waals surface area contributed by atoms with Gasteiger partial charge in [0.25, 0.3) is 0 Å². The molecule has 0 spiro atoms. The third kappa shape index (κ3) is 19.1. The molecular formula is C60H104N2O49. The highest BCUT2D eigenvalue weighted by Gasteiger charge is 2.61. The molecule has 0 saturated carbocycles. The highest BCUT2D eigenvalue weighted by Crippen LogP contribution is 2.40. The van der Waals surface area contributed by atoms with Crippen LogP contribution < -0.4 is 11.5 Å². The van der Waals surface area contributed by atoms with Crippen LogP contribution in [0, 0.1) is 0 Å². The largest absolute Gasteiger partial charge is 0.394 e. The van der Waals surface area contributed by atoms with Crippen molar-refractivity contribution in [3.05, 3.63) is 0 Å². The maximum atomic E-state index is 12.6. The van der Waals surface area contributed by atoms with Crippen LogP contribution in [0.2, 0.25) is 0 Å². The Morgan fingerprint density at radius 1 is 0.225 bits per heavy atom. The number of aliphatic hydroxyl groups is 30. The first-order valence-electron chi connectivity index (χ1n) is 35.4. The van der Waals surface area contributed by atoms with Crippen molar-refractivity contribution in [2.45, 2.75) is 307 Å². The van der Waals surface area contributed by atoms with Crippen molar-refractivity contribution in [2.24, 2.45) is 11.5 Å². The SMILES string of the molecule is NC1C(O)OC(CO)C(OC2OC(CO)C(OC3OC(COC4OC(COC5OC(CO)C(O)C(O)C5O)C(O)C(OC5OC(CO)C(O)C(O)C5OC5OC(C(O)CO)C(O)C5O)C4O)C(O)C(OC4OC(CO)C(O)C(O)C4OC4OC(CO)C(O)C(O)C4OC4OC(CO)C(O)C(O)C4O)C3O)C(O)C2N)C1O. The van der Waals surface area contributed by atoms with Crippen LogP contribution in [0.25, 0.3) is 0 Å². The van der Waals surface area contributed by atoms with Crippen molar-refractivity contribution < 1.29 is 243 Å². The third-order valence-electron chi connectivity index (χ3n) is 21.0. The van der Waals surface area contributed by atoms with Crippen LogP contribution in [0.5, 0.6) is 0 Å². The number of ether oxygens (including phenoxy) is 19. The van der Waals surface area contributed by atoms with Gasteiger partial charge in [0.15, 0.2) is 62.9 Å². The van der Waals surface area contributed by atoms with E-state index >= 15 is 0 Å². The van der Waals surface area contributed by atoms with Gasteiger partial charge < -0.3 is 255 Å². The second kappa shape index (κ2) is 39.4. The van der Waals surface area contributed by atoms with Gasteiger partial charge in [-0.25, -0.2) is 0 Å². The minimum atomic E-state index is -2.56. The molecule has 111 heavy (non-hydrogen) atoms. The summed E-state index contributed by atoms with van der Waals surface area (Å²) in [6.07, 6.45) is -101. The van der Waals surface area contributed by atoms with E-state index in [-0.39, 0.29) is 0 Å². The summed E-state index contributed by atoms with van der Waals surface area (Å²) in [5.41, 5.74) is 12.3. The maximum absolute atomic E-state index is 12.6. The zero-order chi connectivity index (χ0) is 81.4. The van der Waals surface area contributed by atoms with E-state index in [1.165, 1.54) is 0 Å².